The number of rotatable bonds is 5. The van der Waals surface area contributed by atoms with Crippen LogP contribution in [0, 0.1) is 0 Å². The number of fused-ring (bicyclic) bond motifs is 1. The lowest BCUT2D eigenvalue weighted by atomic mass is 9.73. The van der Waals surface area contributed by atoms with E-state index in [1.54, 1.807) is 19.7 Å². The summed E-state index contributed by atoms with van der Waals surface area (Å²) in [7, 11) is 1.63. The Morgan fingerprint density at radius 1 is 1.43 bits per heavy atom. The Morgan fingerprint density at radius 3 is 3.05 bits per heavy atom. The average Bonchev–Trinajstić information content (AvgIpc) is 3.07. The summed E-state index contributed by atoms with van der Waals surface area (Å²) in [6, 6.07) is 5.81. The molecule has 0 radical (unpaired) electrons. The van der Waals surface area contributed by atoms with Gasteiger partial charge in [0.2, 0.25) is 0 Å². The highest BCUT2D eigenvalue weighted by molar-refractivity contribution is 5.53. The van der Waals surface area contributed by atoms with E-state index >= 15 is 0 Å². The molecule has 1 aromatic heterocycles. The highest BCUT2D eigenvalue weighted by atomic mass is 16.5. The molecule has 0 saturated carbocycles. The minimum absolute atomic E-state index is 0.149. The zero-order valence-corrected chi connectivity index (χ0v) is 11.9. The van der Waals surface area contributed by atoms with E-state index in [1.807, 2.05) is 30.5 Å². The van der Waals surface area contributed by atoms with Gasteiger partial charge in [0.15, 0.2) is 0 Å². The van der Waals surface area contributed by atoms with Gasteiger partial charge in [0.05, 0.1) is 25.1 Å². The lowest BCUT2D eigenvalue weighted by molar-refractivity contribution is 0.272. The maximum atomic E-state index is 9.24. The lowest BCUT2D eigenvalue weighted by Crippen LogP contribution is -2.29. The number of aliphatic hydroxyl groups excluding tert-OH is 1. The van der Waals surface area contributed by atoms with E-state index in [0.29, 0.717) is 6.42 Å². The molecule has 1 aliphatic heterocycles. The second kappa shape index (κ2) is 5.61. The van der Waals surface area contributed by atoms with Crippen molar-refractivity contribution < 1.29 is 14.6 Å². The summed E-state index contributed by atoms with van der Waals surface area (Å²) in [5, 5.41) is 9.24. The molecule has 5 nitrogen and oxygen atoms in total. The first-order chi connectivity index (χ1) is 10.3. The van der Waals surface area contributed by atoms with E-state index in [-0.39, 0.29) is 12.0 Å². The van der Waals surface area contributed by atoms with Crippen LogP contribution in [0.3, 0.4) is 0 Å². The van der Waals surface area contributed by atoms with E-state index in [4.69, 9.17) is 9.47 Å². The van der Waals surface area contributed by atoms with Crippen LogP contribution in [0.1, 0.15) is 24.1 Å². The average molecular weight is 286 g/mol. The van der Waals surface area contributed by atoms with Crippen molar-refractivity contribution in [3.05, 3.63) is 54.3 Å². The smallest absolute Gasteiger partial charge is 0.134 e. The number of allylic oxidation sites excluding steroid dienone is 1. The molecule has 1 aromatic carbocycles. The van der Waals surface area contributed by atoms with Gasteiger partial charge in [-0.15, -0.1) is 0 Å². The standard InChI is InChI=1S/C16H18N2O3/c1-20-12-3-4-13-14(9-12)21-8-6-16(13,5-2-7-19)15-10-17-11-18-15/h3-4,6,8-11,19H,2,5,7H2,1H3,(H,17,18). The molecule has 0 aliphatic carbocycles. The fraction of sp³-hybridized carbons (Fsp3) is 0.312. The molecule has 5 heteroatoms. The maximum Gasteiger partial charge on any atom is 0.134 e. The van der Waals surface area contributed by atoms with E-state index < -0.39 is 0 Å². The highest BCUT2D eigenvalue weighted by Crippen LogP contribution is 2.45. The van der Waals surface area contributed by atoms with Crippen LogP contribution >= 0.6 is 0 Å². The van der Waals surface area contributed by atoms with Crippen molar-refractivity contribution in [2.75, 3.05) is 13.7 Å². The minimum atomic E-state index is -0.362. The van der Waals surface area contributed by atoms with Crippen molar-refractivity contribution in [1.82, 2.24) is 9.97 Å². The Bertz CT molecular complexity index is 637. The Kier molecular flexibility index (Phi) is 3.66. The van der Waals surface area contributed by atoms with Crippen molar-refractivity contribution in [1.29, 1.82) is 0 Å². The number of ether oxygens (including phenoxy) is 2. The summed E-state index contributed by atoms with van der Waals surface area (Å²) in [5.74, 6) is 1.52. The normalized spacial score (nSPS) is 19.9. The zero-order chi connectivity index (χ0) is 14.7. The molecule has 0 saturated heterocycles. The van der Waals surface area contributed by atoms with Crippen LogP contribution in [-0.4, -0.2) is 28.8 Å². The van der Waals surface area contributed by atoms with Crippen LogP contribution in [-0.2, 0) is 5.41 Å². The molecule has 2 aromatic rings. The van der Waals surface area contributed by atoms with Gasteiger partial charge in [0.1, 0.15) is 11.5 Å². The zero-order valence-electron chi connectivity index (χ0n) is 11.9. The molecule has 0 fully saturated rings. The second-order valence-corrected chi connectivity index (χ2v) is 5.05. The van der Waals surface area contributed by atoms with Crippen LogP contribution in [0.5, 0.6) is 11.5 Å². The SMILES string of the molecule is COc1ccc2c(c1)OC=CC2(CCCO)c1cnc[nH]1. The van der Waals surface area contributed by atoms with Crippen molar-refractivity contribution in [3.63, 3.8) is 0 Å². The molecule has 0 spiro atoms. The van der Waals surface area contributed by atoms with Gasteiger partial charge in [-0.05, 0) is 25.0 Å². The molecule has 21 heavy (non-hydrogen) atoms. The Balaban J connectivity index is 2.12. The number of hydrogen-bond donors (Lipinski definition) is 2. The number of hydrogen-bond acceptors (Lipinski definition) is 4. The molecule has 2 heterocycles. The van der Waals surface area contributed by atoms with E-state index in [2.05, 4.69) is 9.97 Å². The van der Waals surface area contributed by atoms with Crippen molar-refractivity contribution in [2.45, 2.75) is 18.3 Å². The number of H-pyrrole nitrogens is 1. The van der Waals surface area contributed by atoms with Crippen LogP contribution in [0.25, 0.3) is 0 Å². The molecule has 1 aliphatic rings. The molecule has 110 valence electrons. The molecule has 0 amide bonds. The third-order valence-electron chi connectivity index (χ3n) is 3.93. The summed E-state index contributed by atoms with van der Waals surface area (Å²) in [6.07, 6.45) is 8.66. The predicted octanol–water partition coefficient (Wildman–Crippen LogP) is 2.38. The Morgan fingerprint density at radius 2 is 2.33 bits per heavy atom. The molecule has 1 atom stereocenters. The monoisotopic (exact) mass is 286 g/mol. The van der Waals surface area contributed by atoms with Gasteiger partial charge in [-0.25, -0.2) is 4.98 Å². The minimum Gasteiger partial charge on any atom is -0.497 e. The van der Waals surface area contributed by atoms with Gasteiger partial charge < -0.3 is 19.6 Å². The highest BCUT2D eigenvalue weighted by Gasteiger charge is 2.37. The summed E-state index contributed by atoms with van der Waals surface area (Å²) in [6.45, 7) is 0.149. The number of nitrogens with zero attached hydrogens (tertiary/aromatic N) is 1. The van der Waals surface area contributed by atoms with Crippen LogP contribution in [0.15, 0.2) is 43.1 Å². The van der Waals surface area contributed by atoms with Gasteiger partial charge in [-0.2, -0.15) is 0 Å². The number of nitrogens with one attached hydrogen (secondary N) is 1. The van der Waals surface area contributed by atoms with Crippen molar-refractivity contribution in [3.8, 4) is 11.5 Å². The predicted molar refractivity (Wildman–Crippen MR) is 78.4 cm³/mol. The second-order valence-electron chi connectivity index (χ2n) is 5.05. The number of aromatic amines is 1. The number of aromatic nitrogens is 2. The fourth-order valence-electron chi connectivity index (χ4n) is 2.85. The third-order valence-corrected chi connectivity index (χ3v) is 3.93. The molecule has 1 unspecified atom stereocenters. The number of benzene rings is 1. The largest absolute Gasteiger partial charge is 0.497 e. The summed E-state index contributed by atoms with van der Waals surface area (Å²) >= 11 is 0. The first kappa shape index (κ1) is 13.7. The van der Waals surface area contributed by atoms with Crippen molar-refractivity contribution >= 4 is 0 Å². The Hall–Kier alpha value is -2.27. The number of imidazole rings is 1. The summed E-state index contributed by atoms with van der Waals surface area (Å²) < 4.78 is 10.9. The lowest BCUT2D eigenvalue weighted by Gasteiger charge is -2.34. The maximum absolute atomic E-state index is 9.24. The molecule has 2 N–H and O–H groups in total. The molecular weight excluding hydrogens is 268 g/mol. The van der Waals surface area contributed by atoms with Gasteiger partial charge >= 0.3 is 0 Å². The topological polar surface area (TPSA) is 67.4 Å². The summed E-state index contributed by atoms with van der Waals surface area (Å²) in [5.41, 5.74) is 1.67. The van der Waals surface area contributed by atoms with E-state index in [9.17, 15) is 5.11 Å². The van der Waals surface area contributed by atoms with Gasteiger partial charge in [0.25, 0.3) is 0 Å². The first-order valence-electron chi connectivity index (χ1n) is 6.93. The van der Waals surface area contributed by atoms with Crippen LogP contribution in [0.4, 0.5) is 0 Å². The number of aliphatic hydroxyl groups is 1. The van der Waals surface area contributed by atoms with Crippen LogP contribution in [0.2, 0.25) is 0 Å². The van der Waals surface area contributed by atoms with Gasteiger partial charge in [0, 0.05) is 30.1 Å². The number of methoxy groups -OCH3 is 1. The first-order valence-corrected chi connectivity index (χ1v) is 6.93. The molecule has 0 bridgehead atoms. The van der Waals surface area contributed by atoms with Crippen LogP contribution < -0.4 is 9.47 Å². The van der Waals surface area contributed by atoms with Gasteiger partial charge in [-0.1, -0.05) is 6.07 Å². The van der Waals surface area contributed by atoms with E-state index in [1.165, 1.54) is 0 Å². The van der Waals surface area contributed by atoms with Crippen molar-refractivity contribution in [2.24, 2.45) is 0 Å². The molecular formula is C16H18N2O3. The Labute approximate surface area is 123 Å². The summed E-state index contributed by atoms with van der Waals surface area (Å²) in [4.78, 5) is 7.33. The fourth-order valence-corrected chi connectivity index (χ4v) is 2.85. The quantitative estimate of drug-likeness (QED) is 0.885. The third kappa shape index (κ3) is 2.29. The molecule has 3 rings (SSSR count). The van der Waals surface area contributed by atoms with Gasteiger partial charge in [-0.3, -0.25) is 0 Å². The van der Waals surface area contributed by atoms with E-state index in [0.717, 1.165) is 29.2 Å².